The van der Waals surface area contributed by atoms with Gasteiger partial charge in [0.05, 0.1) is 31.6 Å². The third-order valence-corrected chi connectivity index (χ3v) is 1.95. The van der Waals surface area contributed by atoms with Gasteiger partial charge in [0.1, 0.15) is 6.17 Å². The first-order chi connectivity index (χ1) is 6.75. The number of hydrogen-bond acceptors (Lipinski definition) is 4. The highest BCUT2D eigenvalue weighted by molar-refractivity contribution is 5.25. The van der Waals surface area contributed by atoms with Crippen LogP contribution in [0.4, 0.5) is 14.7 Å². The lowest BCUT2D eigenvalue weighted by Gasteiger charge is -2.12. The van der Waals surface area contributed by atoms with E-state index in [-0.39, 0.29) is 19.2 Å². The molecule has 76 valence electrons. The number of ether oxygens (including phenoxy) is 1. The molecule has 0 aliphatic carbocycles. The summed E-state index contributed by atoms with van der Waals surface area (Å²) in [7, 11) is 0. The van der Waals surface area contributed by atoms with Crippen LogP contribution in [-0.2, 0) is 4.74 Å². The van der Waals surface area contributed by atoms with Crippen molar-refractivity contribution in [1.29, 1.82) is 0 Å². The maximum Gasteiger partial charge on any atom is 0.223 e. The maximum atomic E-state index is 13.0. The number of rotatable bonds is 2. The van der Waals surface area contributed by atoms with Crippen molar-refractivity contribution >= 4 is 5.95 Å². The van der Waals surface area contributed by atoms with Crippen molar-refractivity contribution in [2.24, 2.45) is 0 Å². The zero-order chi connectivity index (χ0) is 9.97. The minimum Gasteiger partial charge on any atom is -0.376 e. The Hall–Kier alpha value is -1.30. The Morgan fingerprint density at radius 3 is 2.64 bits per heavy atom. The minimum atomic E-state index is -1.07. The fourth-order valence-corrected chi connectivity index (χ4v) is 1.21. The molecule has 0 bridgehead atoms. The van der Waals surface area contributed by atoms with Gasteiger partial charge in [-0.15, -0.1) is 0 Å². The summed E-state index contributed by atoms with van der Waals surface area (Å²) in [6.45, 7) is 0.362. The van der Waals surface area contributed by atoms with Crippen molar-refractivity contribution in [3.05, 3.63) is 18.2 Å². The van der Waals surface area contributed by atoms with Crippen LogP contribution < -0.4 is 5.32 Å². The van der Waals surface area contributed by atoms with Gasteiger partial charge in [0.15, 0.2) is 5.82 Å². The Bertz CT molecular complexity index is 306. The van der Waals surface area contributed by atoms with Crippen LogP contribution in [0.25, 0.3) is 0 Å². The van der Waals surface area contributed by atoms with E-state index < -0.39 is 18.0 Å². The van der Waals surface area contributed by atoms with E-state index in [1.807, 2.05) is 0 Å². The van der Waals surface area contributed by atoms with Gasteiger partial charge < -0.3 is 10.1 Å². The lowest BCUT2D eigenvalue weighted by Crippen LogP contribution is -2.29. The van der Waals surface area contributed by atoms with E-state index in [2.05, 4.69) is 15.3 Å². The number of nitrogens with zero attached hydrogens (tertiary/aromatic N) is 2. The number of nitrogens with one attached hydrogen (secondary N) is 1. The first-order valence-corrected chi connectivity index (χ1v) is 4.21. The van der Waals surface area contributed by atoms with Gasteiger partial charge in [0, 0.05) is 0 Å². The van der Waals surface area contributed by atoms with Crippen LogP contribution >= 0.6 is 0 Å². The van der Waals surface area contributed by atoms with Gasteiger partial charge in [0.25, 0.3) is 0 Å². The third kappa shape index (κ3) is 1.95. The van der Waals surface area contributed by atoms with Crippen molar-refractivity contribution in [2.75, 3.05) is 18.5 Å². The van der Waals surface area contributed by atoms with Gasteiger partial charge in [-0.25, -0.2) is 18.7 Å². The third-order valence-electron chi connectivity index (χ3n) is 1.95. The van der Waals surface area contributed by atoms with Crippen molar-refractivity contribution in [3.8, 4) is 0 Å². The van der Waals surface area contributed by atoms with Crippen LogP contribution in [0.15, 0.2) is 12.4 Å². The van der Waals surface area contributed by atoms with Crippen molar-refractivity contribution in [2.45, 2.75) is 12.2 Å². The van der Waals surface area contributed by atoms with Gasteiger partial charge in [-0.2, -0.15) is 0 Å². The SMILES string of the molecule is Fc1cnc(N[C@@H]2COC[C@H]2F)nc1. The topological polar surface area (TPSA) is 47.0 Å². The van der Waals surface area contributed by atoms with Crippen LogP contribution in [0.5, 0.6) is 0 Å². The van der Waals surface area contributed by atoms with Gasteiger partial charge in [-0.1, -0.05) is 0 Å². The molecule has 1 fully saturated rings. The zero-order valence-electron chi connectivity index (χ0n) is 7.28. The van der Waals surface area contributed by atoms with Gasteiger partial charge in [-0.3, -0.25) is 0 Å². The van der Waals surface area contributed by atoms with E-state index in [1.165, 1.54) is 0 Å². The number of hydrogen-bond donors (Lipinski definition) is 1. The highest BCUT2D eigenvalue weighted by Gasteiger charge is 2.28. The minimum absolute atomic E-state index is 0.0822. The predicted molar refractivity (Wildman–Crippen MR) is 45.1 cm³/mol. The molecule has 1 aliphatic heterocycles. The lowest BCUT2D eigenvalue weighted by atomic mass is 10.2. The van der Waals surface area contributed by atoms with E-state index in [9.17, 15) is 8.78 Å². The molecule has 0 saturated carbocycles. The Morgan fingerprint density at radius 2 is 2.07 bits per heavy atom. The average Bonchev–Trinajstić information content (AvgIpc) is 2.56. The Labute approximate surface area is 79.3 Å². The number of alkyl halides is 1. The summed E-state index contributed by atoms with van der Waals surface area (Å²) in [6, 6.07) is -0.444. The molecule has 1 aliphatic rings. The highest BCUT2D eigenvalue weighted by Crippen LogP contribution is 2.13. The standard InChI is InChI=1S/C8H9F2N3O/c9-5-1-11-8(12-2-5)13-7-4-14-3-6(7)10/h1-2,6-7H,3-4H2,(H,11,12,13)/t6-,7-/m1/s1. The molecule has 1 N–H and O–H groups in total. The van der Waals surface area contributed by atoms with E-state index in [0.717, 1.165) is 12.4 Å². The molecular weight excluding hydrogens is 192 g/mol. The predicted octanol–water partition coefficient (Wildman–Crippen LogP) is 0.764. The number of aromatic nitrogens is 2. The van der Waals surface area contributed by atoms with Crippen LogP contribution in [-0.4, -0.2) is 35.4 Å². The lowest BCUT2D eigenvalue weighted by molar-refractivity contribution is 0.173. The molecule has 0 aromatic carbocycles. The molecule has 6 heteroatoms. The monoisotopic (exact) mass is 201 g/mol. The first kappa shape index (κ1) is 9.26. The number of halogens is 2. The molecule has 0 radical (unpaired) electrons. The molecule has 4 nitrogen and oxygen atoms in total. The molecule has 1 saturated heterocycles. The van der Waals surface area contributed by atoms with E-state index in [4.69, 9.17) is 4.74 Å². The average molecular weight is 201 g/mol. The molecule has 1 aromatic rings. The second-order valence-corrected chi connectivity index (χ2v) is 3.03. The molecule has 0 spiro atoms. The highest BCUT2D eigenvalue weighted by atomic mass is 19.1. The van der Waals surface area contributed by atoms with Crippen molar-refractivity contribution in [3.63, 3.8) is 0 Å². The van der Waals surface area contributed by atoms with Gasteiger partial charge in [-0.05, 0) is 0 Å². The van der Waals surface area contributed by atoms with Gasteiger partial charge >= 0.3 is 0 Å². The molecule has 2 rings (SSSR count). The molecule has 2 heterocycles. The summed E-state index contributed by atoms with van der Waals surface area (Å²) in [5, 5.41) is 2.73. The Balaban J connectivity index is 2.00. The summed E-state index contributed by atoms with van der Waals surface area (Å²) in [4.78, 5) is 7.31. The van der Waals surface area contributed by atoms with Crippen molar-refractivity contribution < 1.29 is 13.5 Å². The van der Waals surface area contributed by atoms with Gasteiger partial charge in [0.2, 0.25) is 5.95 Å². The van der Waals surface area contributed by atoms with Crippen LogP contribution in [0, 0.1) is 5.82 Å². The summed E-state index contributed by atoms with van der Waals surface area (Å²) in [6.07, 6.45) is 0.986. The largest absolute Gasteiger partial charge is 0.376 e. The quantitative estimate of drug-likeness (QED) is 0.767. The first-order valence-electron chi connectivity index (χ1n) is 4.21. The normalized spacial score (nSPS) is 26.4. The summed E-state index contributed by atoms with van der Waals surface area (Å²) >= 11 is 0. The zero-order valence-corrected chi connectivity index (χ0v) is 7.28. The Morgan fingerprint density at radius 1 is 1.36 bits per heavy atom. The smallest absolute Gasteiger partial charge is 0.223 e. The van der Waals surface area contributed by atoms with Crippen LogP contribution in [0.3, 0.4) is 0 Å². The molecule has 14 heavy (non-hydrogen) atoms. The van der Waals surface area contributed by atoms with Crippen molar-refractivity contribution in [1.82, 2.24) is 9.97 Å². The van der Waals surface area contributed by atoms with Crippen LogP contribution in [0.2, 0.25) is 0 Å². The molecule has 0 unspecified atom stereocenters. The fourth-order valence-electron chi connectivity index (χ4n) is 1.21. The second-order valence-electron chi connectivity index (χ2n) is 3.03. The summed E-state index contributed by atoms with van der Waals surface area (Å²) in [5.41, 5.74) is 0. The number of anilines is 1. The second kappa shape index (κ2) is 3.83. The molecular formula is C8H9F2N3O. The van der Waals surface area contributed by atoms with E-state index in [1.54, 1.807) is 0 Å². The van der Waals surface area contributed by atoms with E-state index >= 15 is 0 Å². The molecule has 1 aromatic heterocycles. The molecule has 2 atom stereocenters. The van der Waals surface area contributed by atoms with E-state index in [0.29, 0.717) is 0 Å². The summed E-state index contributed by atoms with van der Waals surface area (Å²) in [5.74, 6) is -0.306. The fraction of sp³-hybridized carbons (Fsp3) is 0.500. The Kier molecular flexibility index (Phi) is 2.53. The molecule has 0 amide bonds. The van der Waals surface area contributed by atoms with Crippen LogP contribution in [0.1, 0.15) is 0 Å². The maximum absolute atomic E-state index is 13.0. The summed E-state index contributed by atoms with van der Waals surface area (Å²) < 4.78 is 30.4.